The van der Waals surface area contributed by atoms with Crippen LogP contribution in [0.25, 0.3) is 77.2 Å². The molecule has 3 heterocycles. The summed E-state index contributed by atoms with van der Waals surface area (Å²) >= 11 is 0. The normalized spacial score (nSPS) is 13.5. The molecule has 11 aromatic rings. The number of halogens is 6. The van der Waals surface area contributed by atoms with Crippen molar-refractivity contribution >= 4 is 60.7 Å². The number of anilines is 3. The maximum absolute atomic E-state index is 14.7. The number of para-hydroxylation sites is 4. The molecule has 0 amide bonds. The minimum absolute atomic E-state index is 0.251. The van der Waals surface area contributed by atoms with Gasteiger partial charge in [0.15, 0.2) is 0 Å². The van der Waals surface area contributed by atoms with E-state index in [1.165, 1.54) is 24.3 Å². The van der Waals surface area contributed by atoms with Gasteiger partial charge in [0.25, 0.3) is 0 Å². The molecule has 4 nitrogen and oxygen atoms in total. The number of fused-ring (bicyclic) bond motifs is 8. The molecule has 1 aliphatic heterocycles. The minimum Gasteiger partial charge on any atom is -0.306 e. The number of nitriles is 1. The molecule has 2 aromatic heterocycles. The fourth-order valence-electron chi connectivity index (χ4n) is 10.9. The number of nitrogens with zero attached hydrogens (tertiary/aromatic N) is 4. The van der Waals surface area contributed by atoms with Crippen LogP contribution in [0, 0.1) is 11.3 Å². The largest absolute Gasteiger partial charge is 0.416 e. The van der Waals surface area contributed by atoms with Gasteiger partial charge in [-0.05, 0) is 82.9 Å². The van der Waals surface area contributed by atoms with E-state index in [9.17, 15) is 31.6 Å². The van der Waals surface area contributed by atoms with Gasteiger partial charge in [0.2, 0.25) is 0 Å². The summed E-state index contributed by atoms with van der Waals surface area (Å²) in [7, 11) is 0. The second kappa shape index (κ2) is 15.5. The third-order valence-electron chi connectivity index (χ3n) is 14.0. The van der Waals surface area contributed by atoms with Gasteiger partial charge in [0.1, 0.15) is 6.07 Å². The van der Waals surface area contributed by atoms with Gasteiger partial charge < -0.3 is 14.0 Å². The molecule has 12 rings (SSSR count). The molecular weight excluding hydrogens is 891 g/mol. The second-order valence-corrected chi connectivity index (χ2v) is 18.2. The summed E-state index contributed by atoms with van der Waals surface area (Å²) in [6.45, 7) is 4.34. The van der Waals surface area contributed by atoms with Crippen molar-refractivity contribution in [2.45, 2.75) is 31.6 Å². The SMILES string of the molecule is CC1(C)c2ccccc2N(c2c(-n3c4ccccc4c4cc(C(F)(F)F)ccc43)c(-c3ccccc3)c(C#N)c(-c3ccccc3)c2-n2c3ccccc3c3cc(C(F)(F)F)ccc32)c2ccccc21. The molecule has 0 radical (unpaired) electrons. The fraction of sp³-hybridized carbons (Fsp3) is 0.0833. The van der Waals surface area contributed by atoms with Gasteiger partial charge in [-0.1, -0.05) is 147 Å². The van der Waals surface area contributed by atoms with E-state index in [0.717, 1.165) is 34.6 Å². The first-order valence-corrected chi connectivity index (χ1v) is 22.7. The number of aromatic nitrogens is 2. The van der Waals surface area contributed by atoms with E-state index in [2.05, 4.69) is 36.9 Å². The van der Waals surface area contributed by atoms with Crippen LogP contribution >= 0.6 is 0 Å². The van der Waals surface area contributed by atoms with Gasteiger partial charge in [-0.3, -0.25) is 0 Å². The molecule has 0 spiro atoms. The first-order valence-electron chi connectivity index (χ1n) is 22.7. The number of alkyl halides is 6. The molecule has 0 saturated heterocycles. The van der Waals surface area contributed by atoms with Crippen molar-refractivity contribution in [3.63, 3.8) is 0 Å². The Labute approximate surface area is 398 Å². The fourth-order valence-corrected chi connectivity index (χ4v) is 10.9. The summed E-state index contributed by atoms with van der Waals surface area (Å²) in [6.07, 6.45) is -9.29. The lowest BCUT2D eigenvalue weighted by atomic mass is 9.73. The van der Waals surface area contributed by atoms with Crippen LogP contribution < -0.4 is 4.90 Å². The van der Waals surface area contributed by atoms with E-state index >= 15 is 0 Å². The Balaban J connectivity index is 1.42. The highest BCUT2D eigenvalue weighted by Crippen LogP contribution is 2.59. The lowest BCUT2D eigenvalue weighted by Gasteiger charge is -2.44. The van der Waals surface area contributed by atoms with Gasteiger partial charge in [-0.25, -0.2) is 0 Å². The number of hydrogen-bond acceptors (Lipinski definition) is 2. The number of benzene rings is 9. The smallest absolute Gasteiger partial charge is 0.306 e. The lowest BCUT2D eigenvalue weighted by molar-refractivity contribution is -0.138. The molecule has 0 atom stereocenters. The molecule has 70 heavy (non-hydrogen) atoms. The predicted octanol–water partition coefficient (Wildman–Crippen LogP) is 17.2. The summed E-state index contributed by atoms with van der Waals surface area (Å²) < 4.78 is 92.3. The minimum atomic E-state index is -4.65. The Morgan fingerprint density at radius 2 is 0.786 bits per heavy atom. The zero-order valence-electron chi connectivity index (χ0n) is 37.5. The van der Waals surface area contributed by atoms with E-state index in [4.69, 9.17) is 0 Å². The van der Waals surface area contributed by atoms with Crippen LogP contribution in [0.1, 0.15) is 41.7 Å². The second-order valence-electron chi connectivity index (χ2n) is 18.2. The van der Waals surface area contributed by atoms with E-state index in [-0.39, 0.29) is 5.56 Å². The summed E-state index contributed by atoms with van der Waals surface area (Å²) in [5.74, 6) is 0. The van der Waals surface area contributed by atoms with Crippen LogP contribution in [-0.4, -0.2) is 9.13 Å². The maximum atomic E-state index is 14.7. The zero-order chi connectivity index (χ0) is 48.3. The van der Waals surface area contributed by atoms with E-state index in [0.29, 0.717) is 82.9 Å². The number of rotatable bonds is 5. The molecular formula is C60H38F6N4. The van der Waals surface area contributed by atoms with Crippen LogP contribution in [0.15, 0.2) is 194 Å². The molecule has 0 fully saturated rings. The Morgan fingerprint density at radius 3 is 1.20 bits per heavy atom. The van der Waals surface area contributed by atoms with Crippen LogP contribution in [-0.2, 0) is 17.8 Å². The van der Waals surface area contributed by atoms with Crippen LogP contribution in [0.2, 0.25) is 0 Å². The Hall–Kier alpha value is -8.55. The Morgan fingerprint density at radius 1 is 0.414 bits per heavy atom. The van der Waals surface area contributed by atoms with Gasteiger partial charge in [-0.2, -0.15) is 31.6 Å². The third kappa shape index (κ3) is 6.31. The molecule has 0 saturated carbocycles. The summed E-state index contributed by atoms with van der Waals surface area (Å²) in [4.78, 5) is 2.19. The zero-order valence-corrected chi connectivity index (χ0v) is 37.5. The van der Waals surface area contributed by atoms with Crippen molar-refractivity contribution in [1.29, 1.82) is 5.26 Å². The first kappa shape index (κ1) is 42.8. The molecule has 0 unspecified atom stereocenters. The van der Waals surface area contributed by atoms with Crippen molar-refractivity contribution < 1.29 is 26.3 Å². The standard InChI is InChI=1S/C60H38F6N4/c1-58(2)45-23-11-15-27-51(45)70(52-28-16-12-24-46(52)58)57-55(68-47-25-13-9-21-40(47)42-33-38(59(61,62)63)29-31-49(42)68)53(36-17-5-3-6-18-36)44(35-67)54(37-19-7-4-8-20-37)56(57)69-48-26-14-10-22-41(48)43-34-39(60(64,65)66)30-32-50(43)69/h3-34H,1-2H3. The molecule has 10 heteroatoms. The average molecular weight is 929 g/mol. The highest BCUT2D eigenvalue weighted by Gasteiger charge is 2.42. The molecule has 9 aromatic carbocycles. The van der Waals surface area contributed by atoms with E-state index in [1.54, 1.807) is 24.3 Å². The first-order chi connectivity index (χ1) is 33.8. The van der Waals surface area contributed by atoms with Gasteiger partial charge in [0.05, 0.1) is 67.2 Å². The van der Waals surface area contributed by atoms with Crippen LogP contribution in [0.5, 0.6) is 0 Å². The van der Waals surface area contributed by atoms with Gasteiger partial charge >= 0.3 is 12.4 Å². The molecule has 0 N–H and O–H groups in total. The highest BCUT2D eigenvalue weighted by atomic mass is 19.4. The molecule has 340 valence electrons. The third-order valence-corrected chi connectivity index (χ3v) is 14.0. The van der Waals surface area contributed by atoms with Crippen molar-refractivity contribution in [2.75, 3.05) is 4.90 Å². The van der Waals surface area contributed by atoms with E-state index < -0.39 is 28.9 Å². The van der Waals surface area contributed by atoms with Crippen LogP contribution in [0.3, 0.4) is 0 Å². The monoisotopic (exact) mass is 928 g/mol. The van der Waals surface area contributed by atoms with Crippen molar-refractivity contribution in [2.24, 2.45) is 0 Å². The maximum Gasteiger partial charge on any atom is 0.416 e. The highest BCUT2D eigenvalue weighted by molar-refractivity contribution is 6.16. The Kier molecular flexibility index (Phi) is 9.47. The summed E-state index contributed by atoms with van der Waals surface area (Å²) in [5.41, 5.74) is 7.53. The van der Waals surface area contributed by atoms with Gasteiger partial charge in [-0.15, -0.1) is 0 Å². The van der Waals surface area contributed by atoms with Crippen molar-refractivity contribution in [3.05, 3.63) is 222 Å². The van der Waals surface area contributed by atoms with Crippen LogP contribution in [0.4, 0.5) is 43.4 Å². The average Bonchev–Trinajstić information content (AvgIpc) is 3.88. The van der Waals surface area contributed by atoms with E-state index in [1.807, 2.05) is 130 Å². The van der Waals surface area contributed by atoms with Gasteiger partial charge in [0, 0.05) is 38.1 Å². The lowest BCUT2D eigenvalue weighted by Crippen LogP contribution is -2.32. The number of hydrogen-bond donors (Lipinski definition) is 0. The molecule has 0 aliphatic carbocycles. The Bertz CT molecular complexity index is 3720. The summed E-state index contributed by atoms with van der Waals surface area (Å²) in [5, 5.41) is 13.8. The molecule has 0 bridgehead atoms. The van der Waals surface area contributed by atoms with Crippen molar-refractivity contribution in [3.8, 4) is 39.7 Å². The molecule has 1 aliphatic rings. The van der Waals surface area contributed by atoms with Crippen molar-refractivity contribution in [1.82, 2.24) is 9.13 Å². The summed E-state index contributed by atoms with van der Waals surface area (Å²) in [6, 6.07) is 60.0. The topological polar surface area (TPSA) is 36.9 Å². The predicted molar refractivity (Wildman–Crippen MR) is 268 cm³/mol. The quantitative estimate of drug-likeness (QED) is 0.161.